The zero-order chi connectivity index (χ0) is 16.6. The third-order valence-corrected chi connectivity index (χ3v) is 6.26. The average Bonchev–Trinajstić information content (AvgIpc) is 2.60. The zero-order valence-electron chi connectivity index (χ0n) is 13.3. The van der Waals surface area contributed by atoms with Gasteiger partial charge in [0.1, 0.15) is 5.60 Å². The summed E-state index contributed by atoms with van der Waals surface area (Å²) in [6.07, 6.45) is 1.43. The third-order valence-electron chi connectivity index (χ3n) is 4.67. The Labute approximate surface area is 138 Å². The molecule has 1 atom stereocenters. The van der Waals surface area contributed by atoms with Crippen LogP contribution in [0.5, 0.6) is 0 Å². The lowest BCUT2D eigenvalue weighted by molar-refractivity contribution is 0.0277. The van der Waals surface area contributed by atoms with Crippen molar-refractivity contribution in [2.24, 2.45) is 0 Å². The van der Waals surface area contributed by atoms with E-state index in [2.05, 4.69) is 0 Å². The Balaban J connectivity index is 2.02. The number of carbonyl (C=O) groups excluding carboxylic acids is 1. The van der Waals surface area contributed by atoms with Crippen LogP contribution in [0.3, 0.4) is 0 Å². The number of aliphatic hydroxyl groups is 1. The lowest BCUT2D eigenvalue weighted by Gasteiger charge is -2.25. The smallest absolute Gasteiger partial charge is 0.194 e. The van der Waals surface area contributed by atoms with Crippen molar-refractivity contribution in [3.05, 3.63) is 59.2 Å². The van der Waals surface area contributed by atoms with Gasteiger partial charge in [0.25, 0.3) is 0 Å². The molecule has 23 heavy (non-hydrogen) atoms. The van der Waals surface area contributed by atoms with Crippen LogP contribution in [-0.4, -0.2) is 20.7 Å². The highest BCUT2D eigenvalue weighted by Crippen LogP contribution is 2.33. The van der Waals surface area contributed by atoms with Crippen molar-refractivity contribution in [1.29, 1.82) is 0 Å². The summed E-state index contributed by atoms with van der Waals surface area (Å²) in [7, 11) is -1.21. The number of hydrogen-bond acceptors (Lipinski definition) is 3. The molecule has 0 saturated heterocycles. The van der Waals surface area contributed by atoms with Gasteiger partial charge in [-0.1, -0.05) is 38.1 Å². The van der Waals surface area contributed by atoms with Crippen molar-refractivity contribution in [2.45, 2.75) is 48.5 Å². The lowest BCUT2D eigenvalue weighted by atomic mass is 9.87. The maximum absolute atomic E-state index is 12.7. The first-order valence-electron chi connectivity index (χ1n) is 7.90. The minimum atomic E-state index is -1.32. The van der Waals surface area contributed by atoms with Gasteiger partial charge in [-0.2, -0.15) is 0 Å². The number of rotatable bonds is 4. The molecule has 0 aliphatic carbocycles. The molecule has 2 aromatic carbocycles. The molecular formula is C19H20O3S. The van der Waals surface area contributed by atoms with E-state index in [0.29, 0.717) is 24.8 Å². The number of ketones is 1. The van der Waals surface area contributed by atoms with E-state index >= 15 is 0 Å². The normalized spacial score (nSPS) is 16.6. The van der Waals surface area contributed by atoms with Crippen molar-refractivity contribution in [3.63, 3.8) is 0 Å². The van der Waals surface area contributed by atoms with Crippen LogP contribution < -0.4 is 0 Å². The van der Waals surface area contributed by atoms with Gasteiger partial charge in [-0.05, 0) is 48.6 Å². The van der Waals surface area contributed by atoms with Gasteiger partial charge in [0.2, 0.25) is 0 Å². The van der Waals surface area contributed by atoms with Gasteiger partial charge in [-0.25, -0.2) is 4.21 Å². The number of Topliss-reactive ketones (excluding diaryl/α,β-unsaturated/α-hetero) is 1. The van der Waals surface area contributed by atoms with E-state index in [0.717, 1.165) is 20.9 Å². The van der Waals surface area contributed by atoms with Crippen molar-refractivity contribution in [2.75, 3.05) is 0 Å². The highest BCUT2D eigenvalue weighted by molar-refractivity contribution is 7.85. The van der Waals surface area contributed by atoms with Crippen LogP contribution in [0.2, 0.25) is 0 Å². The molecule has 0 amide bonds. The molecular weight excluding hydrogens is 308 g/mol. The fraction of sp³-hybridized carbons (Fsp3) is 0.316. The standard InChI is InChI=1S/C19H20O3S/c1-3-19(21,4-2)18(20)14-9-10-17-15(12-14)11-13-7-5-6-8-16(13)23(17)22/h5-10,12,21H,3-4,11H2,1-2H3. The number of hydrogen-bond donors (Lipinski definition) is 1. The van der Waals surface area contributed by atoms with Crippen molar-refractivity contribution in [1.82, 2.24) is 0 Å². The van der Waals surface area contributed by atoms with Crippen LogP contribution >= 0.6 is 0 Å². The monoisotopic (exact) mass is 328 g/mol. The Hall–Kier alpha value is -1.78. The van der Waals surface area contributed by atoms with Crippen molar-refractivity contribution in [3.8, 4) is 0 Å². The van der Waals surface area contributed by atoms with E-state index in [4.69, 9.17) is 0 Å². The minimum absolute atomic E-state index is 0.255. The maximum Gasteiger partial charge on any atom is 0.194 e. The topological polar surface area (TPSA) is 54.4 Å². The van der Waals surface area contributed by atoms with E-state index in [9.17, 15) is 14.1 Å². The van der Waals surface area contributed by atoms with E-state index in [-0.39, 0.29) is 5.78 Å². The Morgan fingerprint density at radius 3 is 2.43 bits per heavy atom. The van der Waals surface area contributed by atoms with Gasteiger partial charge in [-0.3, -0.25) is 4.79 Å². The molecule has 3 nitrogen and oxygen atoms in total. The molecule has 0 saturated carbocycles. The van der Waals surface area contributed by atoms with Crippen molar-refractivity contribution < 1.29 is 14.1 Å². The summed E-state index contributed by atoms with van der Waals surface area (Å²) in [5.41, 5.74) is 1.11. The van der Waals surface area contributed by atoms with Gasteiger partial charge in [0.15, 0.2) is 5.78 Å². The Morgan fingerprint density at radius 1 is 1.09 bits per heavy atom. The second kappa shape index (κ2) is 6.02. The van der Waals surface area contributed by atoms with Crippen LogP contribution in [0.1, 0.15) is 48.2 Å². The van der Waals surface area contributed by atoms with Gasteiger partial charge in [-0.15, -0.1) is 0 Å². The van der Waals surface area contributed by atoms with E-state index in [1.807, 2.05) is 38.1 Å². The maximum atomic E-state index is 12.7. The Bertz CT molecular complexity index is 791. The van der Waals surface area contributed by atoms with Crippen LogP contribution in [0.15, 0.2) is 52.3 Å². The molecule has 2 aromatic rings. The number of fused-ring (bicyclic) bond motifs is 2. The molecule has 1 N–H and O–H groups in total. The highest BCUT2D eigenvalue weighted by Gasteiger charge is 2.33. The first kappa shape index (κ1) is 16.1. The molecule has 1 aliphatic heterocycles. The Kier molecular flexibility index (Phi) is 4.21. The Morgan fingerprint density at radius 2 is 1.74 bits per heavy atom. The second-order valence-electron chi connectivity index (χ2n) is 5.94. The summed E-state index contributed by atoms with van der Waals surface area (Å²) in [6, 6.07) is 12.9. The summed E-state index contributed by atoms with van der Waals surface area (Å²) in [5.74, 6) is -0.255. The summed E-state index contributed by atoms with van der Waals surface area (Å²) in [4.78, 5) is 14.2. The molecule has 120 valence electrons. The molecule has 0 radical (unpaired) electrons. The van der Waals surface area contributed by atoms with Gasteiger partial charge in [0, 0.05) is 15.4 Å². The van der Waals surface area contributed by atoms with Gasteiger partial charge < -0.3 is 5.11 Å². The van der Waals surface area contributed by atoms with Gasteiger partial charge >= 0.3 is 0 Å². The zero-order valence-corrected chi connectivity index (χ0v) is 14.2. The molecule has 0 aromatic heterocycles. The van der Waals surface area contributed by atoms with Crippen molar-refractivity contribution >= 4 is 16.6 Å². The first-order chi connectivity index (χ1) is 11.0. The predicted octanol–water partition coefficient (Wildman–Crippen LogP) is 3.49. The largest absolute Gasteiger partial charge is 0.382 e. The summed E-state index contributed by atoms with van der Waals surface area (Å²) in [6.45, 7) is 3.62. The van der Waals surface area contributed by atoms with Crippen LogP contribution in [0.25, 0.3) is 0 Å². The van der Waals surface area contributed by atoms with E-state index in [1.165, 1.54) is 0 Å². The molecule has 1 heterocycles. The highest BCUT2D eigenvalue weighted by atomic mass is 32.2. The number of carbonyl (C=O) groups is 1. The molecule has 1 unspecified atom stereocenters. The molecule has 3 rings (SSSR count). The molecule has 0 fully saturated rings. The summed E-state index contributed by atoms with van der Waals surface area (Å²) < 4.78 is 12.7. The minimum Gasteiger partial charge on any atom is -0.382 e. The fourth-order valence-corrected chi connectivity index (χ4v) is 4.41. The fourth-order valence-electron chi connectivity index (χ4n) is 3.03. The molecule has 4 heteroatoms. The summed E-state index contributed by atoms with van der Waals surface area (Å²) in [5, 5.41) is 10.5. The first-order valence-corrected chi connectivity index (χ1v) is 9.05. The SMILES string of the molecule is CCC(O)(CC)C(=O)c1ccc2c(c1)Cc1ccccc1S2=O. The van der Waals surface area contributed by atoms with E-state index in [1.54, 1.807) is 18.2 Å². The molecule has 1 aliphatic rings. The van der Waals surface area contributed by atoms with Crippen LogP contribution in [-0.2, 0) is 17.2 Å². The second-order valence-corrected chi connectivity index (χ2v) is 7.36. The molecule has 0 bridgehead atoms. The molecule has 0 spiro atoms. The number of benzene rings is 2. The van der Waals surface area contributed by atoms with Crippen LogP contribution in [0, 0.1) is 0 Å². The van der Waals surface area contributed by atoms with E-state index < -0.39 is 16.4 Å². The average molecular weight is 328 g/mol. The van der Waals surface area contributed by atoms with Gasteiger partial charge in [0.05, 0.1) is 10.8 Å². The predicted molar refractivity (Wildman–Crippen MR) is 90.2 cm³/mol. The third kappa shape index (κ3) is 2.66. The lowest BCUT2D eigenvalue weighted by Crippen LogP contribution is -2.37. The van der Waals surface area contributed by atoms with Crippen LogP contribution in [0.4, 0.5) is 0 Å². The quantitative estimate of drug-likeness (QED) is 0.746. The summed E-state index contributed by atoms with van der Waals surface area (Å²) >= 11 is 0.